The van der Waals surface area contributed by atoms with E-state index in [0.717, 1.165) is 40.2 Å². The molecule has 0 bridgehead atoms. The lowest BCUT2D eigenvalue weighted by Gasteiger charge is -2.07. The lowest BCUT2D eigenvalue weighted by molar-refractivity contribution is -0.137. The summed E-state index contributed by atoms with van der Waals surface area (Å²) >= 11 is 1.07. The molecule has 0 unspecified atom stereocenters. The number of benzene rings is 3. The Kier molecular flexibility index (Phi) is 6.22. The highest BCUT2D eigenvalue weighted by atomic mass is 32.1. The Labute approximate surface area is 212 Å². The minimum atomic E-state index is -4.43. The van der Waals surface area contributed by atoms with Crippen LogP contribution in [0.1, 0.15) is 22.2 Å². The summed E-state index contributed by atoms with van der Waals surface area (Å²) in [6.07, 6.45) is -3.03. The van der Waals surface area contributed by atoms with Gasteiger partial charge in [0, 0.05) is 18.2 Å². The van der Waals surface area contributed by atoms with Crippen molar-refractivity contribution in [2.75, 3.05) is 10.6 Å². The summed E-state index contributed by atoms with van der Waals surface area (Å²) in [7, 11) is 0. The molecule has 186 valence electrons. The number of nitrogens with zero attached hydrogens (tertiary/aromatic N) is 2. The van der Waals surface area contributed by atoms with E-state index in [1.165, 1.54) is 19.2 Å². The molecule has 2 aromatic heterocycles. The van der Waals surface area contributed by atoms with Gasteiger partial charge < -0.3 is 15.6 Å². The normalized spacial score (nSPS) is 11.5. The van der Waals surface area contributed by atoms with Gasteiger partial charge in [-0.15, -0.1) is 0 Å². The zero-order chi connectivity index (χ0) is 26.2. The number of H-pyrrole nitrogens is 1. The highest BCUT2D eigenvalue weighted by Crippen LogP contribution is 2.32. The minimum absolute atomic E-state index is 0.267. The van der Waals surface area contributed by atoms with Crippen molar-refractivity contribution >= 4 is 45.0 Å². The molecule has 3 N–H and O–H groups in total. The molecule has 0 radical (unpaired) electrons. The van der Waals surface area contributed by atoms with Crippen molar-refractivity contribution in [2.24, 2.45) is 0 Å². The Hall–Kier alpha value is -4.51. The summed E-state index contributed by atoms with van der Waals surface area (Å²) in [5.74, 6) is -0.150. The van der Waals surface area contributed by atoms with Crippen LogP contribution in [0.4, 0.5) is 24.0 Å². The number of hydrogen-bond donors (Lipinski definition) is 3. The second-order valence-electron chi connectivity index (χ2n) is 8.14. The third-order valence-corrected chi connectivity index (χ3v) is 6.35. The maximum Gasteiger partial charge on any atom is 0.416 e. The number of aromatic nitrogens is 3. The summed E-state index contributed by atoms with van der Waals surface area (Å²) < 4.78 is 39.1. The van der Waals surface area contributed by atoms with Crippen LogP contribution < -0.4 is 10.6 Å². The molecule has 3 aromatic carbocycles. The van der Waals surface area contributed by atoms with Gasteiger partial charge in [0.2, 0.25) is 5.91 Å². The fourth-order valence-corrected chi connectivity index (χ4v) is 4.45. The fourth-order valence-electron chi connectivity index (χ4n) is 3.69. The monoisotopic (exact) mass is 521 g/mol. The van der Waals surface area contributed by atoms with E-state index in [9.17, 15) is 22.8 Å². The fraction of sp³-hybridized carbons (Fsp3) is 0.0769. The maximum atomic E-state index is 13.0. The molecule has 0 atom stereocenters. The molecule has 11 heteroatoms. The average Bonchev–Trinajstić information content (AvgIpc) is 3.50. The van der Waals surface area contributed by atoms with Crippen molar-refractivity contribution in [3.63, 3.8) is 0 Å². The van der Waals surface area contributed by atoms with Crippen molar-refractivity contribution in [1.82, 2.24) is 15.0 Å². The van der Waals surface area contributed by atoms with Crippen molar-refractivity contribution in [3.05, 3.63) is 83.4 Å². The average molecular weight is 522 g/mol. The van der Waals surface area contributed by atoms with E-state index in [0.29, 0.717) is 32.6 Å². The molecule has 7 nitrogen and oxygen atoms in total. The Morgan fingerprint density at radius 3 is 2.41 bits per heavy atom. The summed E-state index contributed by atoms with van der Waals surface area (Å²) in [6, 6.07) is 18.1. The molecule has 2 heterocycles. The molecule has 0 aliphatic rings. The summed E-state index contributed by atoms with van der Waals surface area (Å²) in [6.45, 7) is 1.36. The molecule has 0 spiro atoms. The van der Waals surface area contributed by atoms with Crippen LogP contribution in [-0.4, -0.2) is 26.8 Å². The van der Waals surface area contributed by atoms with Crippen LogP contribution in [0.25, 0.3) is 33.5 Å². The number of carbonyl (C=O) groups is 2. The summed E-state index contributed by atoms with van der Waals surface area (Å²) in [5.41, 5.74) is 3.06. The molecule has 0 aliphatic carbocycles. The van der Waals surface area contributed by atoms with Gasteiger partial charge in [-0.05, 0) is 47.5 Å². The van der Waals surface area contributed by atoms with Crippen LogP contribution in [0.2, 0.25) is 0 Å². The number of halogens is 3. The number of anilines is 2. The molecule has 0 saturated carbocycles. The number of carbonyl (C=O) groups excluding carboxylic acids is 2. The molecule has 0 aliphatic heterocycles. The van der Waals surface area contributed by atoms with Gasteiger partial charge in [0.25, 0.3) is 5.91 Å². The van der Waals surface area contributed by atoms with Gasteiger partial charge in [-0.1, -0.05) is 41.7 Å². The number of alkyl halides is 3. The number of thiazole rings is 1. The number of fused-ring (bicyclic) bond motifs is 1. The Balaban J connectivity index is 1.33. The van der Waals surface area contributed by atoms with Crippen LogP contribution in [-0.2, 0) is 11.0 Å². The molecule has 37 heavy (non-hydrogen) atoms. The Morgan fingerprint density at radius 1 is 0.919 bits per heavy atom. The quantitative estimate of drug-likeness (QED) is 0.243. The largest absolute Gasteiger partial charge is 0.416 e. The van der Waals surface area contributed by atoms with E-state index in [4.69, 9.17) is 0 Å². The van der Waals surface area contributed by atoms with Crippen LogP contribution in [0.3, 0.4) is 0 Å². The Bertz CT molecular complexity index is 1620. The first-order valence-electron chi connectivity index (χ1n) is 11.0. The van der Waals surface area contributed by atoms with E-state index in [2.05, 4.69) is 25.6 Å². The highest BCUT2D eigenvalue weighted by Gasteiger charge is 2.30. The lowest BCUT2D eigenvalue weighted by atomic mass is 10.0. The van der Waals surface area contributed by atoms with Crippen molar-refractivity contribution in [1.29, 1.82) is 0 Å². The van der Waals surface area contributed by atoms with E-state index in [-0.39, 0.29) is 11.8 Å². The first-order chi connectivity index (χ1) is 17.7. The van der Waals surface area contributed by atoms with Gasteiger partial charge in [0.15, 0.2) is 5.13 Å². The third-order valence-electron chi connectivity index (χ3n) is 5.43. The third kappa shape index (κ3) is 5.36. The molecule has 0 fully saturated rings. The van der Waals surface area contributed by atoms with Gasteiger partial charge in [0.05, 0.1) is 22.8 Å². The van der Waals surface area contributed by atoms with Gasteiger partial charge in [-0.3, -0.25) is 9.59 Å². The van der Waals surface area contributed by atoms with Gasteiger partial charge in [-0.25, -0.2) is 9.97 Å². The van der Waals surface area contributed by atoms with Crippen LogP contribution in [0.15, 0.2) is 72.9 Å². The number of imidazole rings is 1. The predicted octanol–water partition coefficient (Wildman–Crippen LogP) is 6.58. The first kappa shape index (κ1) is 24.2. The maximum absolute atomic E-state index is 13.0. The van der Waals surface area contributed by atoms with E-state index < -0.39 is 11.7 Å². The number of nitrogens with one attached hydrogen (secondary N) is 3. The minimum Gasteiger partial charge on any atom is -0.338 e. The number of amides is 2. The number of hydrogen-bond acceptors (Lipinski definition) is 5. The zero-order valence-electron chi connectivity index (χ0n) is 19.2. The number of aromatic amines is 1. The van der Waals surface area contributed by atoms with Crippen molar-refractivity contribution < 1.29 is 22.8 Å². The van der Waals surface area contributed by atoms with Gasteiger partial charge in [-0.2, -0.15) is 13.2 Å². The first-order valence-corrected chi connectivity index (χ1v) is 11.8. The molecule has 0 saturated heterocycles. The predicted molar refractivity (Wildman–Crippen MR) is 136 cm³/mol. The highest BCUT2D eigenvalue weighted by molar-refractivity contribution is 7.17. The standard InChI is InChI=1S/C26H18F3N5O2S/c1-14(35)31-25-30-13-22(37-25)24(36)32-19-8-5-15(6-9-19)16-3-2-4-17(11-16)23-33-20-10-7-18(26(27,28)29)12-21(20)34-23/h2-13H,1H3,(H,32,36)(H,33,34)(H,30,31,35). The molecule has 2 amide bonds. The smallest absolute Gasteiger partial charge is 0.338 e. The zero-order valence-corrected chi connectivity index (χ0v) is 20.0. The molecular formula is C26H18F3N5O2S. The summed E-state index contributed by atoms with van der Waals surface area (Å²) in [5, 5.41) is 5.68. The van der Waals surface area contributed by atoms with Crippen LogP contribution in [0.5, 0.6) is 0 Å². The van der Waals surface area contributed by atoms with Gasteiger partial charge >= 0.3 is 6.18 Å². The van der Waals surface area contributed by atoms with E-state index in [1.807, 2.05) is 36.4 Å². The Morgan fingerprint density at radius 2 is 1.68 bits per heavy atom. The summed E-state index contributed by atoms with van der Waals surface area (Å²) in [4.78, 5) is 35.4. The van der Waals surface area contributed by atoms with E-state index >= 15 is 0 Å². The molecular weight excluding hydrogens is 503 g/mol. The molecule has 5 rings (SSSR count). The van der Waals surface area contributed by atoms with Crippen LogP contribution in [0, 0.1) is 0 Å². The SMILES string of the molecule is CC(=O)Nc1ncc(C(=O)Nc2ccc(-c3cccc(-c4nc5ccc(C(F)(F)F)cc5[nH]4)c3)cc2)s1. The lowest BCUT2D eigenvalue weighted by Crippen LogP contribution is -2.10. The second-order valence-corrected chi connectivity index (χ2v) is 9.17. The number of rotatable bonds is 5. The van der Waals surface area contributed by atoms with Gasteiger partial charge in [0.1, 0.15) is 10.7 Å². The van der Waals surface area contributed by atoms with Crippen LogP contribution >= 0.6 is 11.3 Å². The topological polar surface area (TPSA) is 99.8 Å². The van der Waals surface area contributed by atoms with Crippen molar-refractivity contribution in [2.45, 2.75) is 13.1 Å². The molecule has 5 aromatic rings. The second kappa shape index (κ2) is 9.51. The van der Waals surface area contributed by atoms with E-state index in [1.54, 1.807) is 12.1 Å². The van der Waals surface area contributed by atoms with Crippen molar-refractivity contribution in [3.8, 4) is 22.5 Å².